The highest BCUT2D eigenvalue weighted by Crippen LogP contribution is 2.39. The second-order valence-corrected chi connectivity index (χ2v) is 5.04. The van der Waals surface area contributed by atoms with Crippen LogP contribution in [0.5, 0.6) is 0 Å². The minimum absolute atomic E-state index is 0.351. The zero-order valence-electron chi connectivity index (χ0n) is 8.43. The lowest BCUT2D eigenvalue weighted by molar-refractivity contribution is 0.164. The molecular formula is C11H19N. The highest BCUT2D eigenvalue weighted by Gasteiger charge is 2.29. The monoisotopic (exact) mass is 165 g/mol. The van der Waals surface area contributed by atoms with Crippen LogP contribution in [0.1, 0.15) is 46.5 Å². The molecule has 0 N–H and O–H groups in total. The molecule has 1 saturated carbocycles. The fourth-order valence-corrected chi connectivity index (χ4v) is 2.09. The average Bonchev–Trinajstić information content (AvgIpc) is 2.03. The van der Waals surface area contributed by atoms with Crippen molar-refractivity contribution in [2.75, 3.05) is 0 Å². The maximum Gasteiger partial charge on any atom is 0.0655 e. The molecule has 0 atom stereocenters. The van der Waals surface area contributed by atoms with E-state index in [4.69, 9.17) is 5.26 Å². The van der Waals surface area contributed by atoms with Gasteiger partial charge in [-0.2, -0.15) is 5.26 Å². The Morgan fingerprint density at radius 3 is 1.92 bits per heavy atom. The molecule has 0 heterocycles. The van der Waals surface area contributed by atoms with Crippen molar-refractivity contribution >= 4 is 0 Å². The molecule has 1 rings (SSSR count). The lowest BCUT2D eigenvalue weighted by Gasteiger charge is -2.35. The number of hydrogen-bond donors (Lipinski definition) is 0. The minimum atomic E-state index is 0.351. The molecule has 0 bridgehead atoms. The maximum atomic E-state index is 8.73. The highest BCUT2D eigenvalue weighted by atomic mass is 14.4. The molecule has 1 fully saturated rings. The van der Waals surface area contributed by atoms with E-state index in [1.54, 1.807) is 0 Å². The normalized spacial score (nSPS) is 31.2. The van der Waals surface area contributed by atoms with Gasteiger partial charge in [-0.15, -0.1) is 0 Å². The molecular weight excluding hydrogens is 146 g/mol. The van der Waals surface area contributed by atoms with Crippen molar-refractivity contribution < 1.29 is 0 Å². The molecule has 0 aromatic rings. The molecule has 68 valence electrons. The third-order valence-corrected chi connectivity index (χ3v) is 3.13. The summed E-state index contributed by atoms with van der Waals surface area (Å²) in [5.41, 5.74) is 0.445. The molecule has 12 heavy (non-hydrogen) atoms. The summed E-state index contributed by atoms with van der Waals surface area (Å²) in [4.78, 5) is 0. The maximum absolute atomic E-state index is 8.73. The summed E-state index contributed by atoms with van der Waals surface area (Å²) in [7, 11) is 0. The van der Waals surface area contributed by atoms with E-state index in [2.05, 4.69) is 26.8 Å². The van der Waals surface area contributed by atoms with E-state index >= 15 is 0 Å². The number of rotatable bonds is 0. The van der Waals surface area contributed by atoms with Crippen LogP contribution >= 0.6 is 0 Å². The standard InChI is InChI=1S/C11H19N/c1-11(2,3)10-6-4-9(8-12)5-7-10/h9-10H,4-7H2,1-3H3. The Bertz CT molecular complexity index is 174. The topological polar surface area (TPSA) is 23.8 Å². The summed E-state index contributed by atoms with van der Waals surface area (Å²) in [5.74, 6) is 1.19. The molecule has 0 aromatic carbocycles. The van der Waals surface area contributed by atoms with Crippen LogP contribution in [0.4, 0.5) is 0 Å². The summed E-state index contributed by atoms with van der Waals surface area (Å²) in [6.45, 7) is 6.93. The van der Waals surface area contributed by atoms with Crippen LogP contribution in [-0.4, -0.2) is 0 Å². The molecule has 0 radical (unpaired) electrons. The lowest BCUT2D eigenvalue weighted by Crippen LogP contribution is -2.25. The van der Waals surface area contributed by atoms with Gasteiger partial charge in [0.15, 0.2) is 0 Å². The Hall–Kier alpha value is -0.510. The van der Waals surface area contributed by atoms with Crippen molar-refractivity contribution in [1.29, 1.82) is 5.26 Å². The van der Waals surface area contributed by atoms with Crippen LogP contribution in [0.2, 0.25) is 0 Å². The zero-order valence-corrected chi connectivity index (χ0v) is 8.43. The van der Waals surface area contributed by atoms with Gasteiger partial charge in [-0.05, 0) is 37.0 Å². The molecule has 0 amide bonds. The van der Waals surface area contributed by atoms with Crippen molar-refractivity contribution in [3.63, 3.8) is 0 Å². The van der Waals surface area contributed by atoms with E-state index < -0.39 is 0 Å². The van der Waals surface area contributed by atoms with E-state index in [9.17, 15) is 0 Å². The van der Waals surface area contributed by atoms with E-state index in [0.29, 0.717) is 11.3 Å². The smallest absolute Gasteiger partial charge is 0.0655 e. The second-order valence-electron chi connectivity index (χ2n) is 5.04. The van der Waals surface area contributed by atoms with Crippen molar-refractivity contribution in [1.82, 2.24) is 0 Å². The first-order valence-electron chi connectivity index (χ1n) is 4.93. The predicted molar refractivity (Wildman–Crippen MR) is 50.5 cm³/mol. The fourth-order valence-electron chi connectivity index (χ4n) is 2.09. The van der Waals surface area contributed by atoms with E-state index in [1.807, 2.05) is 0 Å². The first-order chi connectivity index (χ1) is 5.54. The van der Waals surface area contributed by atoms with Gasteiger partial charge >= 0.3 is 0 Å². The van der Waals surface area contributed by atoms with Gasteiger partial charge in [0, 0.05) is 5.92 Å². The van der Waals surface area contributed by atoms with Crippen molar-refractivity contribution in [2.24, 2.45) is 17.3 Å². The van der Waals surface area contributed by atoms with Crippen molar-refractivity contribution in [3.8, 4) is 6.07 Å². The van der Waals surface area contributed by atoms with Crippen molar-refractivity contribution in [3.05, 3.63) is 0 Å². The van der Waals surface area contributed by atoms with Gasteiger partial charge in [0.2, 0.25) is 0 Å². The summed E-state index contributed by atoms with van der Waals surface area (Å²) >= 11 is 0. The Morgan fingerprint density at radius 1 is 1.08 bits per heavy atom. The van der Waals surface area contributed by atoms with Crippen LogP contribution in [0.3, 0.4) is 0 Å². The van der Waals surface area contributed by atoms with Gasteiger partial charge in [-0.1, -0.05) is 20.8 Å². The first kappa shape index (κ1) is 9.58. The number of nitriles is 1. The Balaban J connectivity index is 2.42. The van der Waals surface area contributed by atoms with Gasteiger partial charge in [-0.3, -0.25) is 0 Å². The molecule has 0 unspecified atom stereocenters. The number of hydrogen-bond acceptors (Lipinski definition) is 1. The SMILES string of the molecule is CC(C)(C)C1CCC(C#N)CC1. The van der Waals surface area contributed by atoms with Gasteiger partial charge in [0.1, 0.15) is 0 Å². The van der Waals surface area contributed by atoms with Gasteiger partial charge in [0.25, 0.3) is 0 Å². The summed E-state index contributed by atoms with van der Waals surface area (Å²) < 4.78 is 0. The fraction of sp³-hybridized carbons (Fsp3) is 0.909. The van der Waals surface area contributed by atoms with Crippen LogP contribution in [0, 0.1) is 28.6 Å². The van der Waals surface area contributed by atoms with Crippen molar-refractivity contribution in [2.45, 2.75) is 46.5 Å². The molecule has 1 nitrogen and oxygen atoms in total. The number of nitrogens with zero attached hydrogens (tertiary/aromatic N) is 1. The molecule has 0 aromatic heterocycles. The highest BCUT2D eigenvalue weighted by molar-refractivity contribution is 4.89. The Kier molecular flexibility index (Phi) is 2.77. The zero-order chi connectivity index (χ0) is 9.19. The first-order valence-corrected chi connectivity index (χ1v) is 4.93. The Morgan fingerprint density at radius 2 is 1.58 bits per heavy atom. The van der Waals surface area contributed by atoms with E-state index in [0.717, 1.165) is 18.8 Å². The predicted octanol–water partition coefficient (Wildman–Crippen LogP) is 3.36. The summed E-state index contributed by atoms with van der Waals surface area (Å²) in [6, 6.07) is 2.38. The quantitative estimate of drug-likeness (QED) is 0.540. The summed E-state index contributed by atoms with van der Waals surface area (Å²) in [5, 5.41) is 8.73. The van der Waals surface area contributed by atoms with E-state index in [1.165, 1.54) is 12.8 Å². The third kappa shape index (κ3) is 2.24. The average molecular weight is 165 g/mol. The van der Waals surface area contributed by atoms with Crippen LogP contribution in [0.25, 0.3) is 0 Å². The molecule has 1 aliphatic rings. The van der Waals surface area contributed by atoms with Gasteiger partial charge in [-0.25, -0.2) is 0 Å². The summed E-state index contributed by atoms with van der Waals surface area (Å²) in [6.07, 6.45) is 4.75. The molecule has 0 aliphatic heterocycles. The van der Waals surface area contributed by atoms with Crippen LogP contribution < -0.4 is 0 Å². The molecule has 0 saturated heterocycles. The largest absolute Gasteiger partial charge is 0.198 e. The van der Waals surface area contributed by atoms with Gasteiger partial charge in [0.05, 0.1) is 6.07 Å². The van der Waals surface area contributed by atoms with E-state index in [-0.39, 0.29) is 0 Å². The Labute approximate surface area is 75.8 Å². The molecule has 1 heteroatoms. The second kappa shape index (κ2) is 3.47. The third-order valence-electron chi connectivity index (χ3n) is 3.13. The van der Waals surface area contributed by atoms with Crippen LogP contribution in [0.15, 0.2) is 0 Å². The molecule has 1 aliphatic carbocycles. The van der Waals surface area contributed by atoms with Gasteiger partial charge < -0.3 is 0 Å². The molecule has 0 spiro atoms. The van der Waals surface area contributed by atoms with Crippen LogP contribution in [-0.2, 0) is 0 Å². The lowest BCUT2D eigenvalue weighted by atomic mass is 9.70. The minimum Gasteiger partial charge on any atom is -0.198 e.